The highest BCUT2D eigenvalue weighted by molar-refractivity contribution is 9.10. The Hall–Kier alpha value is -1.70. The Bertz CT molecular complexity index is 872. The van der Waals surface area contributed by atoms with E-state index >= 15 is 0 Å². The molecule has 5 nitrogen and oxygen atoms in total. The zero-order chi connectivity index (χ0) is 18.7. The average molecular weight is 437 g/mol. The summed E-state index contributed by atoms with van der Waals surface area (Å²) in [5, 5.41) is 0. The predicted octanol–water partition coefficient (Wildman–Crippen LogP) is 2.83. The number of rotatable bonds is 4. The number of carbonyl (C=O) groups excluding carboxylic acids is 1. The average Bonchev–Trinajstić information content (AvgIpc) is 2.64. The maximum atomic E-state index is 12.7. The minimum atomic E-state index is -3.50. The standard InChI is InChI=1S/C19H21BrN2O3S/c1-15-2-8-18(9-3-15)26(24,25)22-12-10-21(11-13-22)19(23)14-16-4-6-17(20)7-5-16/h2-9H,10-14H2,1H3. The van der Waals surface area contributed by atoms with Gasteiger partial charge in [-0.15, -0.1) is 0 Å². The number of halogens is 1. The van der Waals surface area contributed by atoms with E-state index in [0.717, 1.165) is 15.6 Å². The zero-order valence-corrected chi connectivity index (χ0v) is 17.0. The van der Waals surface area contributed by atoms with Crippen molar-refractivity contribution in [2.24, 2.45) is 0 Å². The highest BCUT2D eigenvalue weighted by atomic mass is 79.9. The summed E-state index contributed by atoms with van der Waals surface area (Å²) in [5.41, 5.74) is 1.97. The monoisotopic (exact) mass is 436 g/mol. The van der Waals surface area contributed by atoms with Crippen LogP contribution in [0, 0.1) is 6.92 Å². The van der Waals surface area contributed by atoms with Gasteiger partial charge in [-0.1, -0.05) is 45.8 Å². The van der Waals surface area contributed by atoms with E-state index in [1.165, 1.54) is 4.31 Å². The van der Waals surface area contributed by atoms with Crippen molar-refractivity contribution in [3.05, 3.63) is 64.1 Å². The van der Waals surface area contributed by atoms with Gasteiger partial charge in [0.25, 0.3) is 0 Å². The number of amides is 1. The third-order valence-corrected chi connectivity index (χ3v) is 6.96. The van der Waals surface area contributed by atoms with E-state index in [4.69, 9.17) is 0 Å². The molecule has 138 valence electrons. The third kappa shape index (κ3) is 4.34. The van der Waals surface area contributed by atoms with Crippen LogP contribution in [-0.2, 0) is 21.2 Å². The number of piperazine rings is 1. The molecular weight excluding hydrogens is 416 g/mol. The number of benzene rings is 2. The molecule has 0 atom stereocenters. The van der Waals surface area contributed by atoms with E-state index in [1.54, 1.807) is 29.2 Å². The summed E-state index contributed by atoms with van der Waals surface area (Å²) in [6.45, 7) is 3.40. The van der Waals surface area contributed by atoms with Gasteiger partial charge < -0.3 is 4.90 Å². The van der Waals surface area contributed by atoms with Gasteiger partial charge in [0.05, 0.1) is 11.3 Å². The molecule has 0 aliphatic carbocycles. The molecule has 1 fully saturated rings. The highest BCUT2D eigenvalue weighted by Crippen LogP contribution is 2.19. The molecule has 0 unspecified atom stereocenters. The number of carbonyl (C=O) groups is 1. The molecule has 26 heavy (non-hydrogen) atoms. The van der Waals surface area contributed by atoms with Gasteiger partial charge in [0.1, 0.15) is 0 Å². The van der Waals surface area contributed by atoms with E-state index < -0.39 is 10.0 Å². The van der Waals surface area contributed by atoms with Crippen molar-refractivity contribution in [2.75, 3.05) is 26.2 Å². The normalized spacial score (nSPS) is 15.8. The van der Waals surface area contributed by atoms with Crippen molar-refractivity contribution >= 4 is 31.9 Å². The van der Waals surface area contributed by atoms with Crippen molar-refractivity contribution in [3.63, 3.8) is 0 Å². The van der Waals surface area contributed by atoms with Gasteiger partial charge in [0.15, 0.2) is 0 Å². The van der Waals surface area contributed by atoms with Crippen molar-refractivity contribution < 1.29 is 13.2 Å². The number of hydrogen-bond acceptors (Lipinski definition) is 3. The maximum Gasteiger partial charge on any atom is 0.243 e. The maximum absolute atomic E-state index is 12.7. The van der Waals surface area contributed by atoms with Crippen molar-refractivity contribution in [1.82, 2.24) is 9.21 Å². The number of aryl methyl sites for hydroxylation is 1. The summed E-state index contributed by atoms with van der Waals surface area (Å²) < 4.78 is 27.9. The molecule has 7 heteroatoms. The molecule has 0 radical (unpaired) electrons. The first-order valence-corrected chi connectivity index (χ1v) is 10.7. The Balaban J connectivity index is 1.60. The van der Waals surface area contributed by atoms with Gasteiger partial charge in [-0.3, -0.25) is 4.79 Å². The van der Waals surface area contributed by atoms with Crippen LogP contribution in [0.4, 0.5) is 0 Å². The Labute approximate surface area is 162 Å². The first kappa shape index (κ1) is 19.1. The lowest BCUT2D eigenvalue weighted by Gasteiger charge is -2.34. The first-order valence-electron chi connectivity index (χ1n) is 8.45. The van der Waals surface area contributed by atoms with Crippen molar-refractivity contribution in [3.8, 4) is 0 Å². The molecule has 2 aromatic carbocycles. The summed E-state index contributed by atoms with van der Waals surface area (Å²) in [5.74, 6) is 0.0275. The molecule has 1 aliphatic heterocycles. The van der Waals surface area contributed by atoms with Crippen LogP contribution in [0.5, 0.6) is 0 Å². The van der Waals surface area contributed by atoms with E-state index in [1.807, 2.05) is 31.2 Å². The van der Waals surface area contributed by atoms with E-state index in [-0.39, 0.29) is 5.91 Å². The van der Waals surface area contributed by atoms with E-state index in [2.05, 4.69) is 15.9 Å². The highest BCUT2D eigenvalue weighted by Gasteiger charge is 2.29. The second kappa shape index (κ2) is 7.90. The Kier molecular flexibility index (Phi) is 5.79. The molecule has 0 aromatic heterocycles. The molecule has 0 spiro atoms. The number of hydrogen-bond donors (Lipinski definition) is 0. The number of nitrogens with zero attached hydrogens (tertiary/aromatic N) is 2. The summed E-state index contributed by atoms with van der Waals surface area (Å²) in [6, 6.07) is 14.5. The van der Waals surface area contributed by atoms with E-state index in [0.29, 0.717) is 37.5 Å². The SMILES string of the molecule is Cc1ccc(S(=O)(=O)N2CCN(C(=O)Cc3ccc(Br)cc3)CC2)cc1. The van der Waals surface area contributed by atoms with Gasteiger partial charge in [0.2, 0.25) is 15.9 Å². The fourth-order valence-electron chi connectivity index (χ4n) is 2.93. The van der Waals surface area contributed by atoms with Gasteiger partial charge in [0, 0.05) is 30.7 Å². The van der Waals surface area contributed by atoms with Gasteiger partial charge in [-0.05, 0) is 36.8 Å². The number of sulfonamides is 1. The molecule has 2 aromatic rings. The van der Waals surface area contributed by atoms with Crippen LogP contribution in [0.25, 0.3) is 0 Å². The predicted molar refractivity (Wildman–Crippen MR) is 104 cm³/mol. The smallest absolute Gasteiger partial charge is 0.243 e. The lowest BCUT2D eigenvalue weighted by molar-refractivity contribution is -0.131. The minimum absolute atomic E-state index is 0.0275. The minimum Gasteiger partial charge on any atom is -0.340 e. The lowest BCUT2D eigenvalue weighted by atomic mass is 10.1. The van der Waals surface area contributed by atoms with Gasteiger partial charge in [-0.25, -0.2) is 8.42 Å². The van der Waals surface area contributed by atoms with Gasteiger partial charge in [-0.2, -0.15) is 4.31 Å². The van der Waals surface area contributed by atoms with Crippen LogP contribution in [0.15, 0.2) is 57.9 Å². The fourth-order valence-corrected chi connectivity index (χ4v) is 4.61. The summed E-state index contributed by atoms with van der Waals surface area (Å²) >= 11 is 3.38. The summed E-state index contributed by atoms with van der Waals surface area (Å²) in [6.07, 6.45) is 0.331. The first-order chi connectivity index (χ1) is 12.4. The molecule has 3 rings (SSSR count). The second-order valence-electron chi connectivity index (χ2n) is 6.40. The van der Waals surface area contributed by atoms with Crippen LogP contribution in [-0.4, -0.2) is 49.7 Å². The summed E-state index contributed by atoms with van der Waals surface area (Å²) in [7, 11) is -3.50. The fraction of sp³-hybridized carbons (Fsp3) is 0.316. The lowest BCUT2D eigenvalue weighted by Crippen LogP contribution is -2.50. The molecule has 0 saturated carbocycles. The van der Waals surface area contributed by atoms with Crippen LogP contribution < -0.4 is 0 Å². The molecule has 1 saturated heterocycles. The molecule has 0 bridgehead atoms. The van der Waals surface area contributed by atoms with E-state index in [9.17, 15) is 13.2 Å². The van der Waals surface area contributed by atoms with Crippen molar-refractivity contribution in [2.45, 2.75) is 18.2 Å². The van der Waals surface area contributed by atoms with Crippen molar-refractivity contribution in [1.29, 1.82) is 0 Å². The third-order valence-electron chi connectivity index (χ3n) is 4.52. The molecule has 0 N–H and O–H groups in total. The van der Waals surface area contributed by atoms with Crippen LogP contribution in [0.3, 0.4) is 0 Å². The van der Waals surface area contributed by atoms with Gasteiger partial charge >= 0.3 is 0 Å². The Morgan fingerprint density at radius 2 is 1.54 bits per heavy atom. The topological polar surface area (TPSA) is 57.7 Å². The largest absolute Gasteiger partial charge is 0.340 e. The zero-order valence-electron chi connectivity index (χ0n) is 14.6. The van der Waals surface area contributed by atoms with Crippen LogP contribution in [0.2, 0.25) is 0 Å². The second-order valence-corrected chi connectivity index (χ2v) is 9.25. The molecule has 1 aliphatic rings. The summed E-state index contributed by atoms with van der Waals surface area (Å²) in [4.78, 5) is 14.5. The van der Waals surface area contributed by atoms with Crippen LogP contribution >= 0.6 is 15.9 Å². The Morgan fingerprint density at radius 3 is 2.12 bits per heavy atom. The Morgan fingerprint density at radius 1 is 0.962 bits per heavy atom. The molecule has 1 amide bonds. The quantitative estimate of drug-likeness (QED) is 0.740. The molecular formula is C19H21BrN2O3S. The van der Waals surface area contributed by atoms with Crippen LogP contribution in [0.1, 0.15) is 11.1 Å². The molecule has 1 heterocycles.